The molecule has 8 nitrogen and oxygen atoms in total. The summed E-state index contributed by atoms with van der Waals surface area (Å²) in [5, 5.41) is 13.7. The highest BCUT2D eigenvalue weighted by atomic mass is 32.2. The first kappa shape index (κ1) is 22.9. The number of anilines is 2. The van der Waals surface area contributed by atoms with E-state index < -0.39 is 15.4 Å². The Kier molecular flexibility index (Phi) is 5.95. The molecule has 170 valence electrons. The fourth-order valence-corrected chi connectivity index (χ4v) is 5.70. The molecule has 1 aliphatic carbocycles. The summed E-state index contributed by atoms with van der Waals surface area (Å²) in [6.07, 6.45) is 4.53. The summed E-state index contributed by atoms with van der Waals surface area (Å²) in [5.74, 6) is -0.256. The number of rotatable bonds is 7. The largest absolute Gasteiger partial charge is 0.325 e. The number of carbonyl (C=O) groups excluding carboxylic acids is 1. The maximum Gasteiger partial charge on any atom is 0.237 e. The monoisotopic (exact) mass is 481 g/mol. The molecular weight excluding hydrogens is 458 g/mol. The number of amides is 1. The lowest BCUT2D eigenvalue weighted by Crippen LogP contribution is -2.35. The Labute approximate surface area is 196 Å². The van der Waals surface area contributed by atoms with E-state index in [1.54, 1.807) is 31.5 Å². The Balaban J connectivity index is 1.49. The van der Waals surface area contributed by atoms with Gasteiger partial charge in [-0.1, -0.05) is 6.07 Å². The number of nitrogens with zero attached hydrogens (tertiary/aromatic N) is 3. The molecule has 1 aromatic carbocycles. The van der Waals surface area contributed by atoms with Crippen molar-refractivity contribution in [3.8, 4) is 17.2 Å². The van der Waals surface area contributed by atoms with E-state index in [1.165, 1.54) is 17.5 Å². The molecule has 2 aromatic heterocycles. The van der Waals surface area contributed by atoms with Gasteiger partial charge in [-0.05, 0) is 62.9 Å². The number of nitrogens with one attached hydrogen (secondary N) is 2. The summed E-state index contributed by atoms with van der Waals surface area (Å²) in [6, 6.07) is 9.45. The van der Waals surface area contributed by atoms with Crippen LogP contribution in [-0.2, 0) is 20.2 Å². The van der Waals surface area contributed by atoms with Crippen LogP contribution in [0.25, 0.3) is 11.1 Å². The normalized spacial score (nSPS) is 13.9. The number of hydrogen-bond acceptors (Lipinski definition) is 7. The van der Waals surface area contributed by atoms with E-state index in [2.05, 4.69) is 26.1 Å². The molecule has 0 spiro atoms. The number of pyridine rings is 1. The predicted octanol–water partition coefficient (Wildman–Crippen LogP) is 4.21. The van der Waals surface area contributed by atoms with Crippen molar-refractivity contribution >= 4 is 38.1 Å². The maximum absolute atomic E-state index is 13.1. The summed E-state index contributed by atoms with van der Waals surface area (Å²) in [6.45, 7) is 5.39. The second-order valence-corrected chi connectivity index (χ2v) is 11.4. The van der Waals surface area contributed by atoms with E-state index in [9.17, 15) is 13.2 Å². The first-order valence-corrected chi connectivity index (χ1v) is 12.8. The Bertz CT molecular complexity index is 1370. The SMILES string of the molecule is Cc1cc(-c2cncc(C#N)c2)ccc1NC(=O)C(C)(C)c1csc(NS(=O)(=O)C2CC2)n1. The number of nitriles is 1. The third-order valence-electron chi connectivity index (χ3n) is 5.58. The molecule has 0 atom stereocenters. The Morgan fingerprint density at radius 3 is 2.64 bits per heavy atom. The van der Waals surface area contributed by atoms with Crippen LogP contribution in [0.2, 0.25) is 0 Å². The third-order valence-corrected chi connectivity index (χ3v) is 8.29. The van der Waals surface area contributed by atoms with Gasteiger partial charge in [0.25, 0.3) is 0 Å². The molecule has 0 unspecified atom stereocenters. The average Bonchev–Trinajstić information content (AvgIpc) is 3.55. The second-order valence-electron chi connectivity index (χ2n) is 8.57. The highest BCUT2D eigenvalue weighted by Crippen LogP contribution is 2.33. The quantitative estimate of drug-likeness (QED) is 0.521. The minimum absolute atomic E-state index is 0.256. The van der Waals surface area contributed by atoms with Gasteiger partial charge < -0.3 is 5.32 Å². The highest BCUT2D eigenvalue weighted by molar-refractivity contribution is 7.93. The van der Waals surface area contributed by atoms with Gasteiger partial charge in [0.1, 0.15) is 6.07 Å². The molecule has 0 bridgehead atoms. The van der Waals surface area contributed by atoms with Gasteiger partial charge in [-0.25, -0.2) is 13.4 Å². The molecule has 1 saturated carbocycles. The van der Waals surface area contributed by atoms with Crippen molar-refractivity contribution in [2.24, 2.45) is 0 Å². The van der Waals surface area contributed by atoms with Crippen molar-refractivity contribution in [2.45, 2.75) is 44.3 Å². The fourth-order valence-electron chi connectivity index (χ4n) is 3.23. The number of aryl methyl sites for hydroxylation is 1. The van der Waals surface area contributed by atoms with Crippen LogP contribution in [0.4, 0.5) is 10.8 Å². The van der Waals surface area contributed by atoms with Gasteiger partial charge in [0.05, 0.1) is 21.9 Å². The lowest BCUT2D eigenvalue weighted by Gasteiger charge is -2.22. The zero-order chi connectivity index (χ0) is 23.8. The van der Waals surface area contributed by atoms with Crippen molar-refractivity contribution < 1.29 is 13.2 Å². The third kappa shape index (κ3) is 4.89. The van der Waals surface area contributed by atoms with Crippen molar-refractivity contribution in [2.75, 3.05) is 10.0 Å². The molecule has 2 heterocycles. The summed E-state index contributed by atoms with van der Waals surface area (Å²) < 4.78 is 26.8. The molecular formula is C23H23N5O3S2. The van der Waals surface area contributed by atoms with Crippen LogP contribution in [0.3, 0.4) is 0 Å². The molecule has 33 heavy (non-hydrogen) atoms. The molecule has 1 fully saturated rings. The molecule has 0 aliphatic heterocycles. The molecule has 1 amide bonds. The lowest BCUT2D eigenvalue weighted by atomic mass is 9.88. The molecule has 4 rings (SSSR count). The van der Waals surface area contributed by atoms with Crippen molar-refractivity contribution in [3.05, 3.63) is 58.9 Å². The maximum atomic E-state index is 13.1. The lowest BCUT2D eigenvalue weighted by molar-refractivity contribution is -0.120. The molecule has 1 aliphatic rings. The number of carbonyl (C=O) groups is 1. The summed E-state index contributed by atoms with van der Waals surface area (Å²) in [4.78, 5) is 21.6. The molecule has 2 N–H and O–H groups in total. The number of aromatic nitrogens is 2. The first-order chi connectivity index (χ1) is 15.6. The smallest absolute Gasteiger partial charge is 0.237 e. The number of thiazole rings is 1. The zero-order valence-corrected chi connectivity index (χ0v) is 20.0. The summed E-state index contributed by atoms with van der Waals surface area (Å²) in [7, 11) is -3.40. The van der Waals surface area contributed by atoms with E-state index in [1.807, 2.05) is 25.1 Å². The molecule has 3 aromatic rings. The standard InChI is InChI=1S/C23H23N5O3S2/c1-14-8-16(17-9-15(10-24)11-25-12-17)4-7-19(14)26-21(29)23(2,3)20-13-32-22(27-20)28-33(30,31)18-5-6-18/h4,7-9,11-13,18H,5-6H2,1-3H3,(H,26,29)(H,27,28). The van der Waals surface area contributed by atoms with E-state index in [4.69, 9.17) is 5.26 Å². The zero-order valence-electron chi connectivity index (χ0n) is 18.4. The van der Waals surface area contributed by atoms with E-state index >= 15 is 0 Å². The van der Waals surface area contributed by atoms with Crippen LogP contribution in [0.5, 0.6) is 0 Å². The fraction of sp³-hybridized carbons (Fsp3) is 0.304. The van der Waals surface area contributed by atoms with Crippen LogP contribution in [0.1, 0.15) is 43.5 Å². The van der Waals surface area contributed by atoms with E-state index in [0.717, 1.165) is 16.7 Å². The number of sulfonamides is 1. The number of hydrogen-bond donors (Lipinski definition) is 2. The minimum atomic E-state index is -3.40. The Morgan fingerprint density at radius 2 is 1.97 bits per heavy atom. The Hall–Kier alpha value is -3.29. The predicted molar refractivity (Wildman–Crippen MR) is 128 cm³/mol. The molecule has 0 saturated heterocycles. The van der Waals surface area contributed by atoms with Crippen LogP contribution in [0, 0.1) is 18.3 Å². The topological polar surface area (TPSA) is 125 Å². The average molecular weight is 482 g/mol. The van der Waals surface area contributed by atoms with Gasteiger partial charge in [-0.3, -0.25) is 14.5 Å². The summed E-state index contributed by atoms with van der Waals surface area (Å²) >= 11 is 1.17. The Morgan fingerprint density at radius 1 is 1.21 bits per heavy atom. The van der Waals surface area contributed by atoms with Crippen molar-refractivity contribution in [3.63, 3.8) is 0 Å². The van der Waals surface area contributed by atoms with Gasteiger partial charge in [0, 0.05) is 29.0 Å². The van der Waals surface area contributed by atoms with Gasteiger partial charge in [-0.15, -0.1) is 11.3 Å². The van der Waals surface area contributed by atoms with Gasteiger partial charge in [0.15, 0.2) is 5.13 Å². The van der Waals surface area contributed by atoms with E-state index in [-0.39, 0.29) is 16.3 Å². The van der Waals surface area contributed by atoms with Crippen LogP contribution >= 0.6 is 11.3 Å². The van der Waals surface area contributed by atoms with Crippen molar-refractivity contribution in [1.29, 1.82) is 5.26 Å². The van der Waals surface area contributed by atoms with Crippen molar-refractivity contribution in [1.82, 2.24) is 9.97 Å². The first-order valence-electron chi connectivity index (χ1n) is 10.4. The molecule has 0 radical (unpaired) electrons. The van der Waals surface area contributed by atoms with Crippen LogP contribution < -0.4 is 10.0 Å². The second kappa shape index (κ2) is 8.57. The minimum Gasteiger partial charge on any atom is -0.325 e. The molecule has 10 heteroatoms. The van der Waals surface area contributed by atoms with Crippen LogP contribution in [0.15, 0.2) is 42.0 Å². The highest BCUT2D eigenvalue weighted by Gasteiger charge is 2.37. The summed E-state index contributed by atoms with van der Waals surface area (Å²) in [5.41, 5.74) is 3.22. The van der Waals surface area contributed by atoms with Gasteiger partial charge in [-0.2, -0.15) is 5.26 Å². The van der Waals surface area contributed by atoms with Gasteiger partial charge >= 0.3 is 0 Å². The van der Waals surface area contributed by atoms with Crippen LogP contribution in [-0.4, -0.2) is 29.5 Å². The van der Waals surface area contributed by atoms with E-state index in [0.29, 0.717) is 29.8 Å². The number of benzene rings is 1. The van der Waals surface area contributed by atoms with Gasteiger partial charge in [0.2, 0.25) is 15.9 Å².